The summed E-state index contributed by atoms with van der Waals surface area (Å²) >= 11 is 0. The minimum absolute atomic E-state index is 0.0111. The molecule has 1 N–H and O–H groups in total. The number of hydrogen-bond donors (Lipinski definition) is 1. The van der Waals surface area contributed by atoms with Crippen molar-refractivity contribution in [1.82, 2.24) is 0 Å². The van der Waals surface area contributed by atoms with E-state index in [0.717, 1.165) is 0 Å². The number of phenolic OH excluding ortho intramolecular Hbond substituents is 1. The van der Waals surface area contributed by atoms with Crippen molar-refractivity contribution in [3.8, 4) is 11.5 Å². The number of phenols is 1. The van der Waals surface area contributed by atoms with E-state index in [0.29, 0.717) is 6.29 Å². The Balaban J connectivity index is 2.25. The van der Waals surface area contributed by atoms with Gasteiger partial charge in [0.2, 0.25) is 0 Å². The first-order chi connectivity index (χ1) is 11.1. The van der Waals surface area contributed by atoms with Crippen LogP contribution < -0.4 is 4.74 Å². The minimum atomic E-state index is -0.453. The second-order valence-corrected chi connectivity index (χ2v) is 4.95. The van der Waals surface area contributed by atoms with Gasteiger partial charge in [-0.2, -0.15) is 0 Å². The number of benzene rings is 2. The molecule has 0 saturated heterocycles. The third-order valence-electron chi connectivity index (χ3n) is 3.64. The van der Waals surface area contributed by atoms with Gasteiger partial charge in [0.05, 0.1) is 11.1 Å². The van der Waals surface area contributed by atoms with Crippen molar-refractivity contribution in [2.24, 2.45) is 0 Å². The van der Waals surface area contributed by atoms with Gasteiger partial charge < -0.3 is 9.84 Å². The number of ether oxygens (including phenoxy) is 1. The molecule has 5 nitrogen and oxygen atoms in total. The highest BCUT2D eigenvalue weighted by atomic mass is 16.5. The number of hydrogen-bond acceptors (Lipinski definition) is 5. The summed E-state index contributed by atoms with van der Waals surface area (Å²) < 4.78 is 5.41. The van der Waals surface area contributed by atoms with Gasteiger partial charge in [-0.1, -0.05) is 24.3 Å². The van der Waals surface area contributed by atoms with E-state index in [1.807, 2.05) is 0 Å². The van der Waals surface area contributed by atoms with Gasteiger partial charge in [-0.15, -0.1) is 0 Å². The fourth-order valence-electron chi connectivity index (χ4n) is 2.54. The fraction of sp³-hybridized carbons (Fsp3) is 0.0556. The third-order valence-corrected chi connectivity index (χ3v) is 3.64. The van der Waals surface area contributed by atoms with Crippen LogP contribution in [0.15, 0.2) is 48.2 Å². The van der Waals surface area contributed by atoms with Crippen LogP contribution >= 0.6 is 0 Å². The Bertz CT molecular complexity index is 877. The topological polar surface area (TPSA) is 80.7 Å². The van der Waals surface area contributed by atoms with Gasteiger partial charge in [0.15, 0.2) is 23.6 Å². The zero-order valence-electron chi connectivity index (χ0n) is 12.2. The Kier molecular flexibility index (Phi) is 3.54. The zero-order chi connectivity index (χ0) is 16.6. The largest absolute Gasteiger partial charge is 0.507 e. The lowest BCUT2D eigenvalue weighted by atomic mass is 9.83. The molecule has 5 heteroatoms. The maximum atomic E-state index is 12.7. The number of ketones is 2. The quantitative estimate of drug-likeness (QED) is 0.457. The summed E-state index contributed by atoms with van der Waals surface area (Å²) in [6.45, 7) is 1.61. The average molecular weight is 308 g/mol. The van der Waals surface area contributed by atoms with Gasteiger partial charge in [0.1, 0.15) is 11.5 Å². The van der Waals surface area contributed by atoms with Crippen molar-refractivity contribution < 1.29 is 24.2 Å². The molecule has 23 heavy (non-hydrogen) atoms. The van der Waals surface area contributed by atoms with Crippen LogP contribution in [0.2, 0.25) is 0 Å². The van der Waals surface area contributed by atoms with Crippen molar-refractivity contribution >= 4 is 17.9 Å². The molecule has 0 amide bonds. The van der Waals surface area contributed by atoms with Gasteiger partial charge >= 0.3 is 0 Å². The Hall–Kier alpha value is -3.21. The van der Waals surface area contributed by atoms with Crippen molar-refractivity contribution in [1.29, 1.82) is 0 Å². The first-order valence-corrected chi connectivity index (χ1v) is 6.92. The van der Waals surface area contributed by atoms with E-state index in [1.54, 1.807) is 25.1 Å². The Labute approximate surface area is 131 Å². The monoisotopic (exact) mass is 308 g/mol. The van der Waals surface area contributed by atoms with Crippen molar-refractivity contribution in [2.75, 3.05) is 0 Å². The van der Waals surface area contributed by atoms with Crippen LogP contribution in [0.1, 0.15) is 38.8 Å². The summed E-state index contributed by atoms with van der Waals surface area (Å²) in [6, 6.07) is 9.01. The SMILES string of the molecule is C/C=C(\C=O)Oc1ccc(O)c2c1C(=O)c1ccccc1C2=O. The van der Waals surface area contributed by atoms with E-state index < -0.39 is 11.6 Å². The van der Waals surface area contributed by atoms with E-state index in [2.05, 4.69) is 0 Å². The van der Waals surface area contributed by atoms with Crippen LogP contribution in [0, 0.1) is 0 Å². The molecule has 1 aliphatic rings. The Morgan fingerprint density at radius 2 is 1.61 bits per heavy atom. The van der Waals surface area contributed by atoms with Gasteiger partial charge in [0.25, 0.3) is 0 Å². The molecular weight excluding hydrogens is 296 g/mol. The van der Waals surface area contributed by atoms with Crippen LogP contribution in [-0.4, -0.2) is 23.0 Å². The molecule has 0 saturated carbocycles. The van der Waals surface area contributed by atoms with E-state index >= 15 is 0 Å². The normalized spacial score (nSPS) is 13.3. The van der Waals surface area contributed by atoms with Gasteiger partial charge in [-0.05, 0) is 25.1 Å². The summed E-state index contributed by atoms with van der Waals surface area (Å²) in [6.07, 6.45) is 1.94. The molecule has 0 aromatic heterocycles. The van der Waals surface area contributed by atoms with Gasteiger partial charge in [-0.3, -0.25) is 14.4 Å². The molecule has 0 spiro atoms. The molecular formula is C18H12O5. The highest BCUT2D eigenvalue weighted by Gasteiger charge is 2.34. The van der Waals surface area contributed by atoms with Crippen LogP contribution in [0.4, 0.5) is 0 Å². The first-order valence-electron chi connectivity index (χ1n) is 6.92. The van der Waals surface area contributed by atoms with E-state index in [-0.39, 0.29) is 39.5 Å². The van der Waals surface area contributed by atoms with Crippen molar-refractivity contribution in [3.05, 3.63) is 70.5 Å². The van der Waals surface area contributed by atoms with E-state index in [1.165, 1.54) is 24.3 Å². The molecule has 0 fully saturated rings. The molecule has 2 aromatic rings. The number of aldehydes is 1. The van der Waals surface area contributed by atoms with Crippen LogP contribution in [0.3, 0.4) is 0 Å². The Morgan fingerprint density at radius 1 is 1.00 bits per heavy atom. The second kappa shape index (κ2) is 5.53. The standard InChI is InChI=1S/C18H12O5/c1-2-10(9-19)23-14-8-7-13(20)15-16(14)18(22)12-6-4-3-5-11(12)17(15)21/h2-9,20H,1H3/b10-2+. The van der Waals surface area contributed by atoms with E-state index in [4.69, 9.17) is 4.74 Å². The average Bonchev–Trinajstić information content (AvgIpc) is 2.58. The summed E-state index contributed by atoms with van der Waals surface area (Å²) in [5, 5.41) is 10.0. The molecule has 0 unspecified atom stereocenters. The van der Waals surface area contributed by atoms with Gasteiger partial charge in [-0.25, -0.2) is 0 Å². The van der Waals surface area contributed by atoms with Crippen LogP contribution in [0.25, 0.3) is 0 Å². The maximum Gasteiger partial charge on any atom is 0.198 e. The number of aromatic hydroxyl groups is 1. The summed E-state index contributed by atoms with van der Waals surface area (Å²) in [5.41, 5.74) is 0.343. The number of fused-ring (bicyclic) bond motifs is 2. The predicted octanol–water partition coefficient (Wildman–Crippen LogP) is 2.65. The smallest absolute Gasteiger partial charge is 0.198 e. The highest BCUT2D eigenvalue weighted by Crippen LogP contribution is 2.38. The van der Waals surface area contributed by atoms with Gasteiger partial charge in [0, 0.05) is 11.1 Å². The molecule has 0 radical (unpaired) electrons. The Morgan fingerprint density at radius 3 is 2.17 bits per heavy atom. The second-order valence-electron chi connectivity index (χ2n) is 4.95. The summed E-state index contributed by atoms with van der Waals surface area (Å²) in [7, 11) is 0. The number of carbonyl (C=O) groups excluding carboxylic acids is 3. The summed E-state index contributed by atoms with van der Waals surface area (Å²) in [5.74, 6) is -1.11. The molecule has 0 atom stereocenters. The number of allylic oxidation sites excluding steroid dienone is 2. The number of rotatable bonds is 3. The van der Waals surface area contributed by atoms with E-state index in [9.17, 15) is 19.5 Å². The lowest BCUT2D eigenvalue weighted by molar-refractivity contribution is -0.106. The molecule has 0 heterocycles. The molecule has 2 aromatic carbocycles. The molecule has 1 aliphatic carbocycles. The molecule has 114 valence electrons. The lowest BCUT2D eigenvalue weighted by Crippen LogP contribution is -2.22. The first kappa shape index (κ1) is 14.7. The fourth-order valence-corrected chi connectivity index (χ4v) is 2.54. The maximum absolute atomic E-state index is 12.7. The molecule has 0 aliphatic heterocycles. The van der Waals surface area contributed by atoms with Crippen molar-refractivity contribution in [2.45, 2.75) is 6.92 Å². The predicted molar refractivity (Wildman–Crippen MR) is 81.9 cm³/mol. The number of carbonyl (C=O) groups is 3. The zero-order valence-corrected chi connectivity index (χ0v) is 12.2. The summed E-state index contributed by atoms with van der Waals surface area (Å²) in [4.78, 5) is 36.3. The third kappa shape index (κ3) is 2.23. The molecule has 0 bridgehead atoms. The lowest BCUT2D eigenvalue weighted by Gasteiger charge is -2.20. The van der Waals surface area contributed by atoms with Crippen LogP contribution in [-0.2, 0) is 4.79 Å². The molecule has 3 rings (SSSR count). The highest BCUT2D eigenvalue weighted by molar-refractivity contribution is 6.30. The minimum Gasteiger partial charge on any atom is -0.507 e. The van der Waals surface area contributed by atoms with Crippen LogP contribution in [0.5, 0.6) is 11.5 Å². The van der Waals surface area contributed by atoms with Crippen molar-refractivity contribution in [3.63, 3.8) is 0 Å².